The number of carbonyl (C=O) groups excluding carboxylic acids is 3. The summed E-state index contributed by atoms with van der Waals surface area (Å²) in [6.07, 6.45) is 9.65. The molecule has 5 aliphatic rings. The fourth-order valence-corrected chi connectivity index (χ4v) is 10.2. The number of ether oxygens (including phenoxy) is 1. The number of hydrogen-bond acceptors (Lipinski definition) is 5. The highest BCUT2D eigenvalue weighted by Crippen LogP contribution is 2.74. The Morgan fingerprint density at radius 3 is 2.27 bits per heavy atom. The zero-order valence-electron chi connectivity index (χ0n) is 23.9. The second-order valence-electron chi connectivity index (χ2n) is 14.9. The van der Waals surface area contributed by atoms with Gasteiger partial charge in [0.05, 0.1) is 18.1 Å². The minimum absolute atomic E-state index is 0.0308. The second kappa shape index (κ2) is 7.67. The van der Waals surface area contributed by atoms with Crippen molar-refractivity contribution in [1.29, 1.82) is 5.26 Å². The summed E-state index contributed by atoms with van der Waals surface area (Å²) in [6.45, 7) is 15.2. The summed E-state index contributed by atoms with van der Waals surface area (Å²) in [4.78, 5) is 40.9. The van der Waals surface area contributed by atoms with Crippen LogP contribution in [0, 0.1) is 61.6 Å². The number of Topliss-reactive ketones (excluding diaryl/α,β-unsaturated/α-hetero) is 1. The minimum Gasteiger partial charge on any atom is -0.469 e. The van der Waals surface area contributed by atoms with Crippen LogP contribution in [0.1, 0.15) is 93.4 Å². The molecule has 0 amide bonds. The van der Waals surface area contributed by atoms with Gasteiger partial charge in [0.1, 0.15) is 6.07 Å². The fourth-order valence-electron chi connectivity index (χ4n) is 10.2. The maximum absolute atomic E-state index is 14.4. The van der Waals surface area contributed by atoms with E-state index in [-0.39, 0.29) is 57.1 Å². The first kappa shape index (κ1) is 26.4. The molecular weight excluding hydrogens is 462 g/mol. The van der Waals surface area contributed by atoms with Crippen LogP contribution in [-0.4, -0.2) is 24.6 Å². The third-order valence-electron chi connectivity index (χ3n) is 12.5. The molecule has 0 heterocycles. The Hall–Kier alpha value is -2.22. The summed E-state index contributed by atoms with van der Waals surface area (Å²) in [5.74, 6) is -0.376. The number of esters is 1. The number of allylic oxidation sites excluding steroid dienone is 4. The van der Waals surface area contributed by atoms with Crippen molar-refractivity contribution in [2.75, 3.05) is 7.11 Å². The maximum Gasteiger partial charge on any atom is 0.312 e. The van der Waals surface area contributed by atoms with E-state index in [2.05, 4.69) is 40.7 Å². The summed E-state index contributed by atoms with van der Waals surface area (Å²) in [5, 5.41) is 9.86. The van der Waals surface area contributed by atoms with E-state index in [0.717, 1.165) is 50.5 Å². The van der Waals surface area contributed by atoms with Gasteiger partial charge in [0, 0.05) is 16.7 Å². The van der Waals surface area contributed by atoms with Gasteiger partial charge in [-0.15, -0.1) is 0 Å². The summed E-state index contributed by atoms with van der Waals surface area (Å²) in [6, 6.07) is 2.17. The average molecular weight is 506 g/mol. The molecular formula is C32H43NO4. The molecule has 7 atom stereocenters. The van der Waals surface area contributed by atoms with Crippen LogP contribution < -0.4 is 0 Å². The maximum atomic E-state index is 14.4. The molecule has 37 heavy (non-hydrogen) atoms. The Balaban J connectivity index is 1.71. The quantitative estimate of drug-likeness (QED) is 0.386. The lowest BCUT2D eigenvalue weighted by atomic mass is 9.34. The molecule has 0 N–H and O–H groups in total. The SMILES string of the molecule is COC(=O)[C@]12CCC(C)(C)C[C@@H]1[C@@H]1C(=O)C=C3[C@]4(C)C=C(C#N)C(=O)C(C)(C)[C@@H]4CC[C@]3(C)[C@]1(C)CC2. The summed E-state index contributed by atoms with van der Waals surface area (Å²) >= 11 is 0. The number of fused-ring (bicyclic) bond motifs is 7. The Morgan fingerprint density at radius 1 is 1.00 bits per heavy atom. The highest BCUT2D eigenvalue weighted by Gasteiger charge is 2.71. The fraction of sp³-hybridized carbons (Fsp3) is 0.750. The van der Waals surface area contributed by atoms with Crippen molar-refractivity contribution in [1.82, 2.24) is 0 Å². The molecule has 5 aliphatic carbocycles. The highest BCUT2D eigenvalue weighted by atomic mass is 16.5. The van der Waals surface area contributed by atoms with Gasteiger partial charge in [-0.2, -0.15) is 5.26 Å². The minimum atomic E-state index is -0.669. The molecule has 3 saturated carbocycles. The lowest BCUT2D eigenvalue weighted by Gasteiger charge is -2.68. The monoisotopic (exact) mass is 505 g/mol. The summed E-state index contributed by atoms with van der Waals surface area (Å²) < 4.78 is 5.41. The zero-order chi connectivity index (χ0) is 27.4. The van der Waals surface area contributed by atoms with Crippen LogP contribution in [0.5, 0.6) is 0 Å². The average Bonchev–Trinajstić information content (AvgIpc) is 2.82. The van der Waals surface area contributed by atoms with Crippen molar-refractivity contribution >= 4 is 17.5 Å². The van der Waals surface area contributed by atoms with E-state index >= 15 is 0 Å². The second-order valence-corrected chi connectivity index (χ2v) is 14.9. The van der Waals surface area contributed by atoms with E-state index in [1.54, 1.807) is 0 Å². The lowest BCUT2D eigenvalue weighted by Crippen LogP contribution is -2.65. The van der Waals surface area contributed by atoms with E-state index in [0.29, 0.717) is 0 Å². The van der Waals surface area contributed by atoms with Crippen molar-refractivity contribution < 1.29 is 19.1 Å². The first-order valence-corrected chi connectivity index (χ1v) is 14.1. The zero-order valence-corrected chi connectivity index (χ0v) is 23.9. The van der Waals surface area contributed by atoms with Gasteiger partial charge < -0.3 is 4.74 Å². The predicted molar refractivity (Wildman–Crippen MR) is 141 cm³/mol. The van der Waals surface area contributed by atoms with Crippen molar-refractivity contribution in [2.45, 2.75) is 93.4 Å². The van der Waals surface area contributed by atoms with E-state index < -0.39 is 16.2 Å². The smallest absolute Gasteiger partial charge is 0.312 e. The van der Waals surface area contributed by atoms with Crippen molar-refractivity contribution in [2.24, 2.45) is 50.2 Å². The van der Waals surface area contributed by atoms with E-state index in [1.807, 2.05) is 26.0 Å². The molecule has 0 aliphatic heterocycles. The van der Waals surface area contributed by atoms with Gasteiger partial charge in [0.2, 0.25) is 0 Å². The Labute approximate surface area is 222 Å². The molecule has 3 fully saturated rings. The molecule has 0 unspecified atom stereocenters. The number of carbonyl (C=O) groups is 3. The van der Waals surface area contributed by atoms with Gasteiger partial charge in [-0.1, -0.05) is 60.1 Å². The van der Waals surface area contributed by atoms with Crippen LogP contribution in [0.3, 0.4) is 0 Å². The molecule has 0 radical (unpaired) electrons. The van der Waals surface area contributed by atoms with Crippen LogP contribution in [0.2, 0.25) is 0 Å². The van der Waals surface area contributed by atoms with Gasteiger partial charge in [0.25, 0.3) is 0 Å². The molecule has 5 nitrogen and oxygen atoms in total. The highest BCUT2D eigenvalue weighted by molar-refractivity contribution is 6.04. The van der Waals surface area contributed by atoms with Crippen molar-refractivity contribution in [3.05, 3.63) is 23.3 Å². The van der Waals surface area contributed by atoms with Crippen molar-refractivity contribution in [3.63, 3.8) is 0 Å². The standard InChI is InChI=1S/C32H43NO4/c1-27(2)11-13-32(26(36)37-8)14-12-31(7)24(20(32)17-27)21(34)15-23-29(5)16-19(18-33)25(35)28(3,4)22(29)9-10-30(23,31)6/h15-16,20,22,24H,9-14,17H2,1-8H3/t20-,22+,24-,29-,30+,31-,32+/m1/s1. The Morgan fingerprint density at radius 2 is 1.65 bits per heavy atom. The largest absolute Gasteiger partial charge is 0.469 e. The lowest BCUT2D eigenvalue weighted by molar-refractivity contribution is -0.191. The number of nitrogens with zero attached hydrogens (tertiary/aromatic N) is 1. The third-order valence-corrected chi connectivity index (χ3v) is 12.5. The van der Waals surface area contributed by atoms with Crippen LogP contribution >= 0.6 is 0 Å². The molecule has 0 aromatic carbocycles. The Bertz CT molecular complexity index is 1200. The molecule has 0 bridgehead atoms. The van der Waals surface area contributed by atoms with Crippen LogP contribution in [0.4, 0.5) is 0 Å². The normalized spacial score (nSPS) is 45.6. The van der Waals surface area contributed by atoms with E-state index in [9.17, 15) is 19.6 Å². The van der Waals surface area contributed by atoms with Crippen LogP contribution in [0.15, 0.2) is 23.3 Å². The van der Waals surface area contributed by atoms with Crippen LogP contribution in [-0.2, 0) is 19.1 Å². The first-order chi connectivity index (χ1) is 17.0. The Kier molecular flexibility index (Phi) is 5.47. The van der Waals surface area contributed by atoms with Crippen molar-refractivity contribution in [3.8, 4) is 6.07 Å². The van der Waals surface area contributed by atoms with Gasteiger partial charge in [-0.05, 0) is 79.1 Å². The van der Waals surface area contributed by atoms with E-state index in [4.69, 9.17) is 4.74 Å². The van der Waals surface area contributed by atoms with Gasteiger partial charge in [-0.25, -0.2) is 0 Å². The van der Waals surface area contributed by atoms with Gasteiger partial charge >= 0.3 is 5.97 Å². The number of ketones is 2. The van der Waals surface area contributed by atoms with Crippen LogP contribution in [0.25, 0.3) is 0 Å². The third kappa shape index (κ3) is 3.11. The molecule has 0 saturated heterocycles. The predicted octanol–water partition coefficient (Wildman–Crippen LogP) is 6.38. The van der Waals surface area contributed by atoms with Gasteiger partial charge in [0.15, 0.2) is 11.6 Å². The molecule has 0 spiro atoms. The van der Waals surface area contributed by atoms with E-state index in [1.165, 1.54) is 7.11 Å². The molecule has 0 aromatic rings. The molecule has 5 heteroatoms. The molecule has 0 aromatic heterocycles. The number of nitriles is 1. The summed E-state index contributed by atoms with van der Waals surface area (Å²) in [5.41, 5.74) is -1.02. The topological polar surface area (TPSA) is 84.2 Å². The number of hydrogen-bond donors (Lipinski definition) is 0. The molecule has 5 rings (SSSR count). The summed E-state index contributed by atoms with van der Waals surface area (Å²) in [7, 11) is 1.48. The van der Waals surface area contributed by atoms with Gasteiger partial charge in [-0.3, -0.25) is 14.4 Å². The number of rotatable bonds is 1. The number of methoxy groups -OCH3 is 1. The first-order valence-electron chi connectivity index (χ1n) is 14.1. The molecule has 200 valence electrons.